The molecule has 0 aliphatic rings. The lowest BCUT2D eigenvalue weighted by molar-refractivity contribution is -0.146. The SMILES string of the molecule is CCCCOC(=O)COc1ccc(F)cc1C=O. The van der Waals surface area contributed by atoms with E-state index in [-0.39, 0.29) is 17.9 Å². The van der Waals surface area contributed by atoms with Crippen molar-refractivity contribution >= 4 is 12.3 Å². The molecule has 0 heterocycles. The Balaban J connectivity index is 2.48. The third-order valence-corrected chi connectivity index (χ3v) is 2.21. The third kappa shape index (κ3) is 4.53. The maximum atomic E-state index is 12.8. The number of hydrogen-bond acceptors (Lipinski definition) is 4. The summed E-state index contributed by atoms with van der Waals surface area (Å²) in [5.74, 6) is -0.876. The number of carbonyl (C=O) groups is 2. The first-order valence-corrected chi connectivity index (χ1v) is 5.70. The summed E-state index contributed by atoms with van der Waals surface area (Å²) in [7, 11) is 0. The number of rotatable bonds is 7. The Kier molecular flexibility index (Phi) is 5.84. The van der Waals surface area contributed by atoms with Crippen LogP contribution >= 0.6 is 0 Å². The Bertz CT molecular complexity index is 417. The number of benzene rings is 1. The van der Waals surface area contributed by atoms with Gasteiger partial charge in [-0.2, -0.15) is 0 Å². The fourth-order valence-corrected chi connectivity index (χ4v) is 1.25. The van der Waals surface area contributed by atoms with Crippen LogP contribution in [-0.4, -0.2) is 25.5 Å². The van der Waals surface area contributed by atoms with Gasteiger partial charge in [0.15, 0.2) is 12.9 Å². The fourth-order valence-electron chi connectivity index (χ4n) is 1.25. The van der Waals surface area contributed by atoms with E-state index in [9.17, 15) is 14.0 Å². The van der Waals surface area contributed by atoms with Gasteiger partial charge in [0.05, 0.1) is 12.2 Å². The first kappa shape index (κ1) is 14.2. The molecule has 0 spiro atoms. The van der Waals surface area contributed by atoms with Crippen LogP contribution in [0.15, 0.2) is 18.2 Å². The molecule has 0 aliphatic heterocycles. The molecule has 0 radical (unpaired) electrons. The van der Waals surface area contributed by atoms with Crippen molar-refractivity contribution in [3.63, 3.8) is 0 Å². The molecule has 0 atom stereocenters. The molecule has 5 heteroatoms. The van der Waals surface area contributed by atoms with E-state index in [0.29, 0.717) is 12.9 Å². The molecular formula is C13H15FO4. The standard InChI is InChI=1S/C13H15FO4/c1-2-3-6-17-13(16)9-18-12-5-4-11(14)7-10(12)8-15/h4-5,7-8H,2-3,6,9H2,1H3. The second-order valence-electron chi connectivity index (χ2n) is 3.66. The summed E-state index contributed by atoms with van der Waals surface area (Å²) >= 11 is 0. The molecule has 0 saturated carbocycles. The van der Waals surface area contributed by atoms with Gasteiger partial charge < -0.3 is 9.47 Å². The summed E-state index contributed by atoms with van der Waals surface area (Å²) in [6, 6.07) is 3.51. The summed E-state index contributed by atoms with van der Waals surface area (Å²) in [6.45, 7) is 2.04. The van der Waals surface area contributed by atoms with E-state index in [2.05, 4.69) is 0 Å². The third-order valence-electron chi connectivity index (χ3n) is 2.21. The number of aldehydes is 1. The summed E-state index contributed by atoms with van der Waals surface area (Å²) in [6.07, 6.45) is 2.20. The number of unbranched alkanes of at least 4 members (excludes halogenated alkanes) is 1. The molecule has 98 valence electrons. The molecule has 1 rings (SSSR count). The Morgan fingerprint density at radius 2 is 2.22 bits per heavy atom. The highest BCUT2D eigenvalue weighted by Crippen LogP contribution is 2.17. The average Bonchev–Trinajstić information content (AvgIpc) is 2.37. The highest BCUT2D eigenvalue weighted by Gasteiger charge is 2.08. The first-order chi connectivity index (χ1) is 8.67. The lowest BCUT2D eigenvalue weighted by Crippen LogP contribution is -2.16. The van der Waals surface area contributed by atoms with E-state index in [1.165, 1.54) is 6.07 Å². The predicted octanol–water partition coefficient (Wildman–Crippen LogP) is 2.36. The second kappa shape index (κ2) is 7.42. The van der Waals surface area contributed by atoms with Gasteiger partial charge in [0.25, 0.3) is 0 Å². The summed E-state index contributed by atoms with van der Waals surface area (Å²) < 4.78 is 22.8. The van der Waals surface area contributed by atoms with E-state index in [1.54, 1.807) is 0 Å². The maximum absolute atomic E-state index is 12.8. The van der Waals surface area contributed by atoms with Gasteiger partial charge >= 0.3 is 5.97 Å². The molecule has 18 heavy (non-hydrogen) atoms. The topological polar surface area (TPSA) is 52.6 Å². The van der Waals surface area contributed by atoms with Crippen LogP contribution in [0, 0.1) is 5.82 Å². The van der Waals surface area contributed by atoms with Crippen LogP contribution in [0.1, 0.15) is 30.1 Å². The molecule has 0 saturated heterocycles. The summed E-state index contributed by atoms with van der Waals surface area (Å²) in [5, 5.41) is 0. The van der Waals surface area contributed by atoms with Crippen molar-refractivity contribution in [1.82, 2.24) is 0 Å². The van der Waals surface area contributed by atoms with Crippen molar-refractivity contribution in [3.05, 3.63) is 29.6 Å². The van der Waals surface area contributed by atoms with Crippen molar-refractivity contribution < 1.29 is 23.5 Å². The largest absolute Gasteiger partial charge is 0.481 e. The Labute approximate surface area is 105 Å². The maximum Gasteiger partial charge on any atom is 0.344 e. The van der Waals surface area contributed by atoms with Crippen molar-refractivity contribution in [1.29, 1.82) is 0 Å². The minimum atomic E-state index is -0.532. The Morgan fingerprint density at radius 1 is 1.44 bits per heavy atom. The predicted molar refractivity (Wildman–Crippen MR) is 63.1 cm³/mol. The number of hydrogen-bond donors (Lipinski definition) is 0. The zero-order chi connectivity index (χ0) is 13.4. The highest BCUT2D eigenvalue weighted by molar-refractivity contribution is 5.79. The van der Waals surface area contributed by atoms with E-state index < -0.39 is 11.8 Å². The average molecular weight is 254 g/mol. The summed E-state index contributed by atoms with van der Waals surface area (Å²) in [5.41, 5.74) is 0.0661. The molecule has 0 amide bonds. The molecule has 1 aromatic rings. The highest BCUT2D eigenvalue weighted by atomic mass is 19.1. The Hall–Kier alpha value is -1.91. The van der Waals surface area contributed by atoms with Crippen LogP contribution in [0.2, 0.25) is 0 Å². The van der Waals surface area contributed by atoms with Crippen LogP contribution < -0.4 is 4.74 Å². The molecule has 0 aliphatic carbocycles. The lowest BCUT2D eigenvalue weighted by Gasteiger charge is -2.08. The zero-order valence-corrected chi connectivity index (χ0v) is 10.1. The molecule has 4 nitrogen and oxygen atoms in total. The van der Waals surface area contributed by atoms with Crippen LogP contribution in [0.4, 0.5) is 4.39 Å². The van der Waals surface area contributed by atoms with Crippen LogP contribution in [0.5, 0.6) is 5.75 Å². The van der Waals surface area contributed by atoms with Crippen molar-refractivity contribution in [2.45, 2.75) is 19.8 Å². The van der Waals surface area contributed by atoms with Gasteiger partial charge in [-0.3, -0.25) is 4.79 Å². The number of halogens is 1. The lowest BCUT2D eigenvalue weighted by atomic mass is 10.2. The van der Waals surface area contributed by atoms with E-state index >= 15 is 0 Å². The van der Waals surface area contributed by atoms with Gasteiger partial charge in [-0.25, -0.2) is 9.18 Å². The van der Waals surface area contributed by atoms with Crippen molar-refractivity contribution in [3.8, 4) is 5.75 Å². The molecule has 0 aromatic heterocycles. The quantitative estimate of drug-likeness (QED) is 0.426. The zero-order valence-electron chi connectivity index (χ0n) is 10.1. The Morgan fingerprint density at radius 3 is 2.89 bits per heavy atom. The molecule has 0 fully saturated rings. The smallest absolute Gasteiger partial charge is 0.344 e. The van der Waals surface area contributed by atoms with Crippen molar-refractivity contribution in [2.75, 3.05) is 13.2 Å². The summed E-state index contributed by atoms with van der Waals surface area (Å²) in [4.78, 5) is 21.9. The van der Waals surface area contributed by atoms with E-state index in [1.807, 2.05) is 6.92 Å². The van der Waals surface area contributed by atoms with E-state index in [4.69, 9.17) is 9.47 Å². The monoisotopic (exact) mass is 254 g/mol. The number of ether oxygens (including phenoxy) is 2. The fraction of sp³-hybridized carbons (Fsp3) is 0.385. The van der Waals surface area contributed by atoms with Gasteiger partial charge in [-0.1, -0.05) is 13.3 Å². The van der Waals surface area contributed by atoms with Gasteiger partial charge in [-0.05, 0) is 24.6 Å². The number of esters is 1. The first-order valence-electron chi connectivity index (χ1n) is 5.70. The van der Waals surface area contributed by atoms with E-state index in [0.717, 1.165) is 25.0 Å². The van der Waals surface area contributed by atoms with Gasteiger partial charge in [-0.15, -0.1) is 0 Å². The van der Waals surface area contributed by atoms with Gasteiger partial charge in [0.1, 0.15) is 11.6 Å². The van der Waals surface area contributed by atoms with Crippen LogP contribution in [0.25, 0.3) is 0 Å². The normalized spacial score (nSPS) is 9.89. The molecule has 0 unspecified atom stereocenters. The molecule has 1 aromatic carbocycles. The van der Waals surface area contributed by atoms with Gasteiger partial charge in [0.2, 0.25) is 0 Å². The molecule has 0 N–H and O–H groups in total. The van der Waals surface area contributed by atoms with Gasteiger partial charge in [0, 0.05) is 0 Å². The van der Waals surface area contributed by atoms with Crippen LogP contribution in [-0.2, 0) is 9.53 Å². The van der Waals surface area contributed by atoms with Crippen molar-refractivity contribution in [2.24, 2.45) is 0 Å². The molecule has 0 bridgehead atoms. The molecular weight excluding hydrogens is 239 g/mol. The second-order valence-corrected chi connectivity index (χ2v) is 3.66. The van der Waals surface area contributed by atoms with Crippen LogP contribution in [0.3, 0.4) is 0 Å². The number of carbonyl (C=O) groups excluding carboxylic acids is 2. The minimum absolute atomic E-state index is 0.0661. The minimum Gasteiger partial charge on any atom is -0.481 e.